The van der Waals surface area contributed by atoms with E-state index in [1.165, 1.54) is 51.4 Å². The summed E-state index contributed by atoms with van der Waals surface area (Å²) in [6.45, 7) is 3.11. The number of esters is 1. The second kappa shape index (κ2) is 12.2. The van der Waals surface area contributed by atoms with Crippen LogP contribution in [0.25, 0.3) is 0 Å². The molecule has 1 fully saturated rings. The lowest BCUT2D eigenvalue weighted by Gasteiger charge is -2.10. The number of hydrogen-bond acceptors (Lipinski definition) is 2. The number of nitrogens with zero attached hydrogens (tertiary/aromatic N) is 1. The summed E-state index contributed by atoms with van der Waals surface area (Å²) >= 11 is 0. The Balaban J connectivity index is 1.78. The van der Waals surface area contributed by atoms with Crippen LogP contribution in [0.4, 0.5) is 0 Å². The fourth-order valence-electron chi connectivity index (χ4n) is 2.66. The van der Waals surface area contributed by atoms with Gasteiger partial charge in [0.15, 0.2) is 6.23 Å². The highest BCUT2D eigenvalue weighted by atomic mass is 16.6. The molecule has 117 valence electrons. The molecule has 1 unspecified atom stereocenters. The van der Waals surface area contributed by atoms with Crippen molar-refractivity contribution in [3.63, 3.8) is 0 Å². The van der Waals surface area contributed by atoms with Crippen molar-refractivity contribution in [2.45, 2.75) is 96.6 Å². The molecule has 0 N–H and O–H groups in total. The largest absolute Gasteiger partial charge is 0.445 e. The fraction of sp³-hybridized carbons (Fsp3) is 0.941. The SMILES string of the molecule is CCCCCCCCCCCCC(=O)OC1CCC[N]1. The second-order valence-corrected chi connectivity index (χ2v) is 5.92. The average Bonchev–Trinajstić information content (AvgIpc) is 2.93. The van der Waals surface area contributed by atoms with Crippen LogP contribution in [-0.4, -0.2) is 18.7 Å². The van der Waals surface area contributed by atoms with Crippen LogP contribution < -0.4 is 5.32 Å². The van der Waals surface area contributed by atoms with Crippen molar-refractivity contribution >= 4 is 5.97 Å². The van der Waals surface area contributed by atoms with Crippen LogP contribution in [-0.2, 0) is 9.53 Å². The van der Waals surface area contributed by atoms with Gasteiger partial charge in [-0.1, -0.05) is 64.7 Å². The van der Waals surface area contributed by atoms with E-state index in [2.05, 4.69) is 12.2 Å². The number of rotatable bonds is 12. The Labute approximate surface area is 124 Å². The number of hydrogen-bond donors (Lipinski definition) is 0. The highest BCUT2D eigenvalue weighted by Crippen LogP contribution is 2.13. The van der Waals surface area contributed by atoms with Gasteiger partial charge in [-0.3, -0.25) is 4.79 Å². The van der Waals surface area contributed by atoms with Crippen LogP contribution >= 0.6 is 0 Å². The van der Waals surface area contributed by atoms with E-state index in [0.717, 1.165) is 32.2 Å². The van der Waals surface area contributed by atoms with Gasteiger partial charge in [-0.05, 0) is 12.8 Å². The van der Waals surface area contributed by atoms with Gasteiger partial charge in [-0.15, -0.1) is 0 Å². The first-order chi connectivity index (χ1) is 9.83. The third kappa shape index (κ3) is 9.35. The monoisotopic (exact) mass is 282 g/mol. The number of ether oxygens (including phenoxy) is 1. The average molecular weight is 282 g/mol. The van der Waals surface area contributed by atoms with E-state index in [1.54, 1.807) is 0 Å². The molecule has 1 atom stereocenters. The lowest BCUT2D eigenvalue weighted by molar-refractivity contribution is -0.150. The molecule has 1 saturated heterocycles. The fourth-order valence-corrected chi connectivity index (χ4v) is 2.66. The third-order valence-corrected chi connectivity index (χ3v) is 3.94. The molecule has 0 aliphatic carbocycles. The summed E-state index contributed by atoms with van der Waals surface area (Å²) in [7, 11) is 0. The molecule has 0 bridgehead atoms. The second-order valence-electron chi connectivity index (χ2n) is 5.92. The lowest BCUT2D eigenvalue weighted by atomic mass is 10.1. The van der Waals surface area contributed by atoms with Crippen molar-refractivity contribution in [3.8, 4) is 0 Å². The van der Waals surface area contributed by atoms with Crippen molar-refractivity contribution in [2.24, 2.45) is 0 Å². The van der Waals surface area contributed by atoms with Crippen LogP contribution in [0.2, 0.25) is 0 Å². The summed E-state index contributed by atoms with van der Waals surface area (Å²) in [5.41, 5.74) is 0. The Kier molecular flexibility index (Phi) is 10.7. The first-order valence-corrected chi connectivity index (χ1v) is 8.69. The number of carbonyl (C=O) groups excluding carboxylic acids is 1. The van der Waals surface area contributed by atoms with Crippen molar-refractivity contribution in [2.75, 3.05) is 6.54 Å². The Morgan fingerprint density at radius 1 is 1.00 bits per heavy atom. The van der Waals surface area contributed by atoms with E-state index in [-0.39, 0.29) is 12.2 Å². The molecule has 20 heavy (non-hydrogen) atoms. The van der Waals surface area contributed by atoms with E-state index in [1.807, 2.05) is 0 Å². The first-order valence-electron chi connectivity index (χ1n) is 8.69. The molecule has 0 saturated carbocycles. The molecule has 0 aromatic heterocycles. The maximum Gasteiger partial charge on any atom is 0.307 e. The van der Waals surface area contributed by atoms with E-state index in [9.17, 15) is 4.79 Å². The smallest absolute Gasteiger partial charge is 0.307 e. The van der Waals surface area contributed by atoms with Gasteiger partial charge in [0.2, 0.25) is 0 Å². The quantitative estimate of drug-likeness (QED) is 0.389. The molecule has 1 aliphatic heterocycles. The van der Waals surface area contributed by atoms with Gasteiger partial charge in [-0.25, -0.2) is 5.32 Å². The highest BCUT2D eigenvalue weighted by molar-refractivity contribution is 5.69. The molecule has 0 amide bonds. The van der Waals surface area contributed by atoms with Crippen molar-refractivity contribution < 1.29 is 9.53 Å². The molecule has 1 rings (SSSR count). The van der Waals surface area contributed by atoms with Crippen molar-refractivity contribution in [3.05, 3.63) is 0 Å². The predicted octanol–water partition coefficient (Wildman–Crippen LogP) is 4.56. The van der Waals surface area contributed by atoms with Crippen LogP contribution in [0.3, 0.4) is 0 Å². The van der Waals surface area contributed by atoms with E-state index in [4.69, 9.17) is 4.74 Å². The third-order valence-electron chi connectivity index (χ3n) is 3.94. The molecule has 1 heterocycles. The molecule has 0 spiro atoms. The van der Waals surface area contributed by atoms with E-state index in [0.29, 0.717) is 6.42 Å². The van der Waals surface area contributed by atoms with Crippen LogP contribution in [0.1, 0.15) is 90.4 Å². The summed E-state index contributed by atoms with van der Waals surface area (Å²) in [5.74, 6) is -0.0554. The Bertz CT molecular complexity index is 237. The van der Waals surface area contributed by atoms with Crippen LogP contribution in [0, 0.1) is 0 Å². The zero-order valence-corrected chi connectivity index (χ0v) is 13.2. The van der Waals surface area contributed by atoms with E-state index >= 15 is 0 Å². The maximum atomic E-state index is 11.6. The molecule has 3 nitrogen and oxygen atoms in total. The van der Waals surface area contributed by atoms with Gasteiger partial charge in [0, 0.05) is 19.4 Å². The Morgan fingerprint density at radius 2 is 1.60 bits per heavy atom. The van der Waals surface area contributed by atoms with Crippen LogP contribution in [0.15, 0.2) is 0 Å². The minimum atomic E-state index is -0.134. The topological polar surface area (TPSA) is 40.4 Å². The maximum absolute atomic E-state index is 11.6. The highest BCUT2D eigenvalue weighted by Gasteiger charge is 2.19. The van der Waals surface area contributed by atoms with Crippen LogP contribution in [0.5, 0.6) is 0 Å². The molecule has 3 heteroatoms. The molecule has 1 aliphatic rings. The van der Waals surface area contributed by atoms with Gasteiger partial charge >= 0.3 is 5.97 Å². The summed E-state index contributed by atoms with van der Waals surface area (Å²) < 4.78 is 5.29. The molecule has 0 aromatic rings. The standard InChI is InChI=1S/C17H32NO2/c1-2-3-4-5-6-7-8-9-10-11-14-17(19)20-16-13-12-15-18-16/h16H,2-15H2,1H3. The van der Waals surface area contributed by atoms with E-state index < -0.39 is 0 Å². The summed E-state index contributed by atoms with van der Waals surface area (Å²) in [6, 6.07) is 0. The minimum absolute atomic E-state index is 0.0554. The summed E-state index contributed by atoms with van der Waals surface area (Å²) in [5, 5.41) is 4.23. The van der Waals surface area contributed by atoms with Gasteiger partial charge in [0.05, 0.1) is 0 Å². The predicted molar refractivity (Wildman–Crippen MR) is 82.6 cm³/mol. The minimum Gasteiger partial charge on any atom is -0.445 e. The molecular weight excluding hydrogens is 250 g/mol. The van der Waals surface area contributed by atoms with Gasteiger partial charge in [0.25, 0.3) is 0 Å². The molecular formula is C17H32NO2. The van der Waals surface area contributed by atoms with Gasteiger partial charge in [0.1, 0.15) is 0 Å². The Hall–Kier alpha value is -0.570. The first kappa shape index (κ1) is 17.5. The zero-order chi connectivity index (χ0) is 14.5. The lowest BCUT2D eigenvalue weighted by Crippen LogP contribution is -2.22. The molecule has 0 aromatic carbocycles. The van der Waals surface area contributed by atoms with Crippen molar-refractivity contribution in [1.82, 2.24) is 5.32 Å². The zero-order valence-electron chi connectivity index (χ0n) is 13.2. The van der Waals surface area contributed by atoms with Gasteiger partial charge in [-0.2, -0.15) is 0 Å². The van der Waals surface area contributed by atoms with Gasteiger partial charge < -0.3 is 4.74 Å². The summed E-state index contributed by atoms with van der Waals surface area (Å²) in [4.78, 5) is 11.6. The van der Waals surface area contributed by atoms with Crippen molar-refractivity contribution in [1.29, 1.82) is 0 Å². The number of unbranched alkanes of at least 4 members (excludes halogenated alkanes) is 9. The Morgan fingerprint density at radius 3 is 2.15 bits per heavy atom. The summed E-state index contributed by atoms with van der Waals surface area (Å²) in [6.07, 6.45) is 15.4. The normalized spacial score (nSPS) is 18.4. The molecule has 1 radical (unpaired) electrons. The number of carbonyl (C=O) groups is 1.